The first-order chi connectivity index (χ1) is 17.0. The van der Waals surface area contributed by atoms with E-state index in [1.807, 2.05) is 41.1 Å². The number of benzene rings is 3. The maximum absolute atomic E-state index is 11.3. The number of hydrogen-bond acceptors (Lipinski definition) is 4. The molecular weight excluding hydrogens is 438 g/mol. The summed E-state index contributed by atoms with van der Waals surface area (Å²) < 4.78 is 7.76. The van der Waals surface area contributed by atoms with Gasteiger partial charge in [-0.1, -0.05) is 42.5 Å². The summed E-state index contributed by atoms with van der Waals surface area (Å²) in [5.74, 6) is 0.772. The van der Waals surface area contributed by atoms with Gasteiger partial charge in [-0.2, -0.15) is 5.10 Å². The molecule has 178 valence electrons. The van der Waals surface area contributed by atoms with Gasteiger partial charge < -0.3 is 20.7 Å². The van der Waals surface area contributed by atoms with Gasteiger partial charge in [0.05, 0.1) is 18.5 Å². The molecule has 3 aromatic carbocycles. The maximum atomic E-state index is 11.3. The third kappa shape index (κ3) is 4.21. The molecule has 1 aliphatic rings. The van der Waals surface area contributed by atoms with E-state index in [1.54, 1.807) is 7.11 Å². The van der Waals surface area contributed by atoms with Crippen molar-refractivity contribution in [3.05, 3.63) is 89.1 Å². The lowest BCUT2D eigenvalue weighted by atomic mass is 9.99. The van der Waals surface area contributed by atoms with Crippen LogP contribution in [0.4, 0.5) is 16.2 Å². The SMILES string of the molecule is COc1cccc(C)c1-n1nc2c(c1-c1ccc(NC(N)=O)cc1)CN(c1ccccc1C)CC2. The Labute approximate surface area is 205 Å². The molecule has 0 saturated carbocycles. The number of methoxy groups -OCH3 is 1. The van der Waals surface area contributed by atoms with Crippen LogP contribution in [0.2, 0.25) is 0 Å². The largest absolute Gasteiger partial charge is 0.494 e. The Balaban J connectivity index is 1.67. The highest BCUT2D eigenvalue weighted by Crippen LogP contribution is 2.38. The van der Waals surface area contributed by atoms with E-state index in [2.05, 4.69) is 54.4 Å². The Morgan fingerprint density at radius 1 is 1.00 bits per heavy atom. The first-order valence-electron chi connectivity index (χ1n) is 11.7. The van der Waals surface area contributed by atoms with Gasteiger partial charge in [0.15, 0.2) is 0 Å². The van der Waals surface area contributed by atoms with Gasteiger partial charge in [-0.15, -0.1) is 0 Å². The first-order valence-corrected chi connectivity index (χ1v) is 11.7. The number of nitrogens with one attached hydrogen (secondary N) is 1. The normalized spacial score (nSPS) is 12.8. The number of carbonyl (C=O) groups excluding carboxylic acids is 1. The number of primary amides is 1. The summed E-state index contributed by atoms with van der Waals surface area (Å²) in [6.45, 7) is 5.88. The lowest BCUT2D eigenvalue weighted by Crippen LogP contribution is -2.30. The zero-order chi connectivity index (χ0) is 24.5. The molecule has 0 fully saturated rings. The predicted molar refractivity (Wildman–Crippen MR) is 139 cm³/mol. The molecule has 0 radical (unpaired) electrons. The van der Waals surface area contributed by atoms with E-state index >= 15 is 0 Å². The van der Waals surface area contributed by atoms with E-state index < -0.39 is 6.03 Å². The fraction of sp³-hybridized carbons (Fsp3) is 0.214. The summed E-state index contributed by atoms with van der Waals surface area (Å²) in [6.07, 6.45) is 0.846. The Morgan fingerprint density at radius 3 is 2.46 bits per heavy atom. The molecule has 35 heavy (non-hydrogen) atoms. The van der Waals surface area contributed by atoms with E-state index in [1.165, 1.54) is 16.8 Å². The van der Waals surface area contributed by atoms with Crippen LogP contribution in [0.3, 0.4) is 0 Å². The second-order valence-electron chi connectivity index (χ2n) is 8.84. The lowest BCUT2D eigenvalue weighted by Gasteiger charge is -2.30. The van der Waals surface area contributed by atoms with Crippen LogP contribution >= 0.6 is 0 Å². The number of fused-ring (bicyclic) bond motifs is 1. The number of amides is 2. The number of para-hydroxylation sites is 2. The van der Waals surface area contributed by atoms with Gasteiger partial charge in [-0.25, -0.2) is 9.48 Å². The maximum Gasteiger partial charge on any atom is 0.316 e. The zero-order valence-electron chi connectivity index (χ0n) is 20.2. The molecule has 4 aromatic rings. The number of nitrogens with zero attached hydrogens (tertiary/aromatic N) is 3. The number of aromatic nitrogens is 2. The first kappa shape index (κ1) is 22.5. The average Bonchev–Trinajstić information content (AvgIpc) is 3.22. The molecule has 2 heterocycles. The molecule has 7 nitrogen and oxygen atoms in total. The number of anilines is 2. The van der Waals surface area contributed by atoms with Crippen molar-refractivity contribution in [1.82, 2.24) is 9.78 Å². The molecule has 5 rings (SSSR count). The number of carbonyl (C=O) groups is 1. The summed E-state index contributed by atoms with van der Waals surface area (Å²) in [5.41, 5.74) is 14.8. The molecule has 2 amide bonds. The predicted octanol–water partition coefficient (Wildman–Crippen LogP) is 5.22. The van der Waals surface area contributed by atoms with Crippen LogP contribution in [0.1, 0.15) is 22.4 Å². The monoisotopic (exact) mass is 467 g/mol. The fourth-order valence-electron chi connectivity index (χ4n) is 4.88. The molecule has 0 spiro atoms. The summed E-state index contributed by atoms with van der Waals surface area (Å²) >= 11 is 0. The van der Waals surface area contributed by atoms with Crippen molar-refractivity contribution < 1.29 is 9.53 Å². The number of nitrogens with two attached hydrogens (primary N) is 1. The second kappa shape index (κ2) is 9.18. The van der Waals surface area contributed by atoms with Crippen molar-refractivity contribution in [3.8, 4) is 22.7 Å². The van der Waals surface area contributed by atoms with Gasteiger partial charge in [0.25, 0.3) is 0 Å². The van der Waals surface area contributed by atoms with E-state index in [0.717, 1.165) is 53.5 Å². The van der Waals surface area contributed by atoms with Crippen molar-refractivity contribution in [1.29, 1.82) is 0 Å². The van der Waals surface area contributed by atoms with E-state index in [4.69, 9.17) is 15.6 Å². The highest BCUT2D eigenvalue weighted by molar-refractivity contribution is 5.88. The third-order valence-corrected chi connectivity index (χ3v) is 6.55. The number of rotatable bonds is 5. The molecular formula is C28H29N5O2. The topological polar surface area (TPSA) is 85.4 Å². The summed E-state index contributed by atoms with van der Waals surface area (Å²) in [6, 6.07) is 21.7. The van der Waals surface area contributed by atoms with Crippen molar-refractivity contribution in [3.63, 3.8) is 0 Å². The highest BCUT2D eigenvalue weighted by atomic mass is 16.5. The number of urea groups is 1. The quantitative estimate of drug-likeness (QED) is 0.422. The van der Waals surface area contributed by atoms with E-state index in [-0.39, 0.29) is 0 Å². The Kier molecular flexibility index (Phi) is 5.91. The smallest absolute Gasteiger partial charge is 0.316 e. The van der Waals surface area contributed by atoms with Gasteiger partial charge >= 0.3 is 6.03 Å². The molecule has 0 bridgehead atoms. The Hall–Kier alpha value is -4.26. The van der Waals surface area contributed by atoms with Gasteiger partial charge in [0, 0.05) is 42.0 Å². The van der Waals surface area contributed by atoms with Gasteiger partial charge in [0.1, 0.15) is 11.4 Å². The Bertz CT molecular complexity index is 1390. The Morgan fingerprint density at radius 2 is 1.74 bits per heavy atom. The van der Waals surface area contributed by atoms with Crippen molar-refractivity contribution in [2.24, 2.45) is 5.73 Å². The average molecular weight is 468 g/mol. The molecule has 3 N–H and O–H groups in total. The highest BCUT2D eigenvalue weighted by Gasteiger charge is 2.28. The van der Waals surface area contributed by atoms with Crippen LogP contribution in [0, 0.1) is 13.8 Å². The van der Waals surface area contributed by atoms with E-state index in [9.17, 15) is 4.79 Å². The minimum absolute atomic E-state index is 0.585. The molecule has 0 unspecified atom stereocenters. The summed E-state index contributed by atoms with van der Waals surface area (Å²) in [5, 5.41) is 7.74. The van der Waals surface area contributed by atoms with Crippen LogP contribution in [-0.2, 0) is 13.0 Å². The van der Waals surface area contributed by atoms with Crippen LogP contribution in [0.5, 0.6) is 5.75 Å². The number of aryl methyl sites for hydroxylation is 2. The van der Waals surface area contributed by atoms with Gasteiger partial charge in [-0.05, 0) is 49.2 Å². The van der Waals surface area contributed by atoms with E-state index in [0.29, 0.717) is 5.69 Å². The van der Waals surface area contributed by atoms with Crippen LogP contribution in [0.15, 0.2) is 66.7 Å². The minimum atomic E-state index is -0.585. The third-order valence-electron chi connectivity index (χ3n) is 6.55. The van der Waals surface area contributed by atoms with Crippen molar-refractivity contribution in [2.75, 3.05) is 23.9 Å². The minimum Gasteiger partial charge on any atom is -0.494 e. The van der Waals surface area contributed by atoms with Crippen molar-refractivity contribution in [2.45, 2.75) is 26.8 Å². The second-order valence-corrected chi connectivity index (χ2v) is 8.84. The van der Waals surface area contributed by atoms with Crippen LogP contribution in [-0.4, -0.2) is 29.5 Å². The van der Waals surface area contributed by atoms with Crippen LogP contribution in [0.25, 0.3) is 16.9 Å². The molecule has 1 aromatic heterocycles. The van der Waals surface area contributed by atoms with Gasteiger partial charge in [0.2, 0.25) is 0 Å². The molecule has 0 aliphatic carbocycles. The molecule has 1 aliphatic heterocycles. The summed E-state index contributed by atoms with van der Waals surface area (Å²) in [7, 11) is 1.69. The fourth-order valence-corrected chi connectivity index (χ4v) is 4.88. The van der Waals surface area contributed by atoms with Crippen LogP contribution < -0.4 is 20.7 Å². The zero-order valence-corrected chi connectivity index (χ0v) is 20.2. The number of ether oxygens (including phenoxy) is 1. The lowest BCUT2D eigenvalue weighted by molar-refractivity contribution is 0.259. The summed E-state index contributed by atoms with van der Waals surface area (Å²) in [4.78, 5) is 13.7. The molecule has 0 saturated heterocycles. The number of hydrogen-bond donors (Lipinski definition) is 2. The molecule has 0 atom stereocenters. The molecule has 7 heteroatoms. The van der Waals surface area contributed by atoms with Gasteiger partial charge in [-0.3, -0.25) is 0 Å². The van der Waals surface area contributed by atoms with Crippen molar-refractivity contribution >= 4 is 17.4 Å². The standard InChI is InChI=1S/C28H29N5O2/c1-18-7-4-5-9-24(18)32-16-15-23-22(17-32)27(20-11-13-21(14-12-20)30-28(29)34)33(31-23)26-19(2)8-6-10-25(26)35-3/h4-14H,15-17H2,1-3H3,(H3,29,30,34).